The molecule has 0 saturated heterocycles. The average molecular weight is 439 g/mol. The summed E-state index contributed by atoms with van der Waals surface area (Å²) in [6.45, 7) is 7.17. The first-order chi connectivity index (χ1) is 14.9. The van der Waals surface area contributed by atoms with Crippen LogP contribution in [0.25, 0.3) is 11.3 Å². The Morgan fingerprint density at radius 2 is 1.74 bits per heavy atom. The highest BCUT2D eigenvalue weighted by atomic mass is 32.1. The van der Waals surface area contributed by atoms with Crippen LogP contribution in [0.2, 0.25) is 0 Å². The molecular formula is C25H30N2O3S. The molecule has 2 aromatic carbocycles. The number of anilines is 1. The summed E-state index contributed by atoms with van der Waals surface area (Å²) < 4.78 is 11.0. The van der Waals surface area contributed by atoms with Crippen molar-refractivity contribution in [3.63, 3.8) is 0 Å². The maximum absolute atomic E-state index is 12.2. The van der Waals surface area contributed by atoms with Crippen molar-refractivity contribution in [1.29, 1.82) is 0 Å². The van der Waals surface area contributed by atoms with Gasteiger partial charge in [0, 0.05) is 17.4 Å². The molecule has 5 nitrogen and oxygen atoms in total. The molecule has 164 valence electrons. The van der Waals surface area contributed by atoms with Gasteiger partial charge >= 0.3 is 0 Å². The Hall–Kier alpha value is -2.86. The van der Waals surface area contributed by atoms with Gasteiger partial charge in [-0.25, -0.2) is 4.98 Å². The Bertz CT molecular complexity index is 979. The number of carbonyl (C=O) groups is 1. The van der Waals surface area contributed by atoms with Crippen LogP contribution < -0.4 is 14.8 Å². The van der Waals surface area contributed by atoms with Gasteiger partial charge in [0.05, 0.1) is 19.4 Å². The largest absolute Gasteiger partial charge is 0.497 e. The predicted octanol–water partition coefficient (Wildman–Crippen LogP) is 6.30. The molecule has 0 aliphatic heterocycles. The van der Waals surface area contributed by atoms with E-state index in [2.05, 4.69) is 43.2 Å². The zero-order valence-electron chi connectivity index (χ0n) is 18.6. The van der Waals surface area contributed by atoms with E-state index in [4.69, 9.17) is 9.47 Å². The van der Waals surface area contributed by atoms with Crippen molar-refractivity contribution < 1.29 is 14.3 Å². The molecule has 0 spiro atoms. The molecule has 0 aliphatic rings. The summed E-state index contributed by atoms with van der Waals surface area (Å²) in [6, 6.07) is 15.9. The molecule has 0 atom stereocenters. The number of hydrogen-bond acceptors (Lipinski definition) is 5. The molecule has 1 N–H and O–H groups in total. The third-order valence-electron chi connectivity index (χ3n) is 5.47. The SMILES string of the molecule is CCC(C)(C)c1ccc(OCCCC(=O)Nc2nc(-c3ccc(OC)cc3)cs2)cc1. The number of nitrogens with one attached hydrogen (secondary N) is 1. The van der Waals surface area contributed by atoms with Gasteiger partial charge in [0.25, 0.3) is 0 Å². The van der Waals surface area contributed by atoms with Crippen molar-refractivity contribution in [1.82, 2.24) is 4.98 Å². The van der Waals surface area contributed by atoms with Crippen molar-refractivity contribution in [3.05, 3.63) is 59.5 Å². The molecular weight excluding hydrogens is 408 g/mol. The molecule has 1 amide bonds. The van der Waals surface area contributed by atoms with E-state index >= 15 is 0 Å². The van der Waals surface area contributed by atoms with Crippen molar-refractivity contribution in [2.45, 2.75) is 45.4 Å². The molecule has 0 bridgehead atoms. The molecule has 0 aliphatic carbocycles. The third-order valence-corrected chi connectivity index (χ3v) is 6.23. The second-order valence-electron chi connectivity index (χ2n) is 8.03. The minimum atomic E-state index is -0.0562. The maximum atomic E-state index is 12.2. The minimum Gasteiger partial charge on any atom is -0.497 e. The molecule has 6 heteroatoms. The van der Waals surface area contributed by atoms with Crippen LogP contribution in [0.1, 0.15) is 45.6 Å². The number of thiazole rings is 1. The number of hydrogen-bond donors (Lipinski definition) is 1. The quantitative estimate of drug-likeness (QED) is 0.377. The zero-order chi connectivity index (χ0) is 22.3. The predicted molar refractivity (Wildman–Crippen MR) is 127 cm³/mol. The molecule has 1 aromatic heterocycles. The molecule has 0 unspecified atom stereocenters. The number of ether oxygens (including phenoxy) is 2. The minimum absolute atomic E-state index is 0.0562. The standard InChI is InChI=1S/C25H30N2O3S/c1-5-25(2,3)19-10-14-21(15-11-19)30-16-6-7-23(28)27-24-26-22(17-31-24)18-8-12-20(29-4)13-9-18/h8-15,17H,5-7,16H2,1-4H3,(H,26,27,28). The lowest BCUT2D eigenvalue weighted by Gasteiger charge is -2.23. The molecule has 1 heterocycles. The van der Waals surface area contributed by atoms with Crippen LogP contribution >= 0.6 is 11.3 Å². The average Bonchev–Trinajstić information content (AvgIpc) is 3.25. The topological polar surface area (TPSA) is 60.5 Å². The van der Waals surface area contributed by atoms with Gasteiger partial charge in [-0.3, -0.25) is 4.79 Å². The van der Waals surface area contributed by atoms with Crippen LogP contribution in [-0.2, 0) is 10.2 Å². The molecule has 0 radical (unpaired) electrons. The lowest BCUT2D eigenvalue weighted by Crippen LogP contribution is -2.15. The molecule has 31 heavy (non-hydrogen) atoms. The van der Waals surface area contributed by atoms with E-state index in [9.17, 15) is 4.79 Å². The van der Waals surface area contributed by atoms with Crippen LogP contribution in [0.4, 0.5) is 5.13 Å². The van der Waals surface area contributed by atoms with Crippen molar-refractivity contribution in [3.8, 4) is 22.8 Å². The first kappa shape index (κ1) is 22.8. The molecule has 3 aromatic rings. The van der Waals surface area contributed by atoms with Crippen molar-refractivity contribution in [2.75, 3.05) is 19.0 Å². The summed E-state index contributed by atoms with van der Waals surface area (Å²) in [5.74, 6) is 1.58. The highest BCUT2D eigenvalue weighted by Gasteiger charge is 2.17. The van der Waals surface area contributed by atoms with Gasteiger partial charge in [0.1, 0.15) is 11.5 Å². The number of rotatable bonds is 10. The lowest BCUT2D eigenvalue weighted by atomic mass is 9.82. The summed E-state index contributed by atoms with van der Waals surface area (Å²) in [5, 5.41) is 5.41. The van der Waals surface area contributed by atoms with E-state index in [1.54, 1.807) is 7.11 Å². The van der Waals surface area contributed by atoms with E-state index in [0.29, 0.717) is 24.6 Å². The number of amides is 1. The van der Waals surface area contributed by atoms with E-state index in [0.717, 1.165) is 29.2 Å². The molecule has 0 saturated carbocycles. The molecule has 3 rings (SSSR count). The highest BCUT2D eigenvalue weighted by Crippen LogP contribution is 2.28. The number of benzene rings is 2. The smallest absolute Gasteiger partial charge is 0.226 e. The van der Waals surface area contributed by atoms with Gasteiger partial charge in [-0.05, 0) is 60.2 Å². The van der Waals surface area contributed by atoms with E-state index in [-0.39, 0.29) is 11.3 Å². The number of methoxy groups -OCH3 is 1. The second kappa shape index (κ2) is 10.4. The van der Waals surface area contributed by atoms with Gasteiger partial charge in [-0.2, -0.15) is 0 Å². The Balaban J connectivity index is 1.42. The maximum Gasteiger partial charge on any atom is 0.226 e. The van der Waals surface area contributed by atoms with E-state index in [1.807, 2.05) is 41.8 Å². The van der Waals surface area contributed by atoms with E-state index < -0.39 is 0 Å². The number of carbonyl (C=O) groups excluding carboxylic acids is 1. The zero-order valence-corrected chi connectivity index (χ0v) is 19.4. The Morgan fingerprint density at radius 1 is 1.06 bits per heavy atom. The fraction of sp³-hybridized carbons (Fsp3) is 0.360. The van der Waals surface area contributed by atoms with Crippen molar-refractivity contribution in [2.24, 2.45) is 0 Å². The fourth-order valence-corrected chi connectivity index (χ4v) is 3.77. The van der Waals surface area contributed by atoms with E-state index in [1.165, 1.54) is 16.9 Å². The Morgan fingerprint density at radius 3 is 2.39 bits per heavy atom. The monoisotopic (exact) mass is 438 g/mol. The highest BCUT2D eigenvalue weighted by molar-refractivity contribution is 7.14. The van der Waals surface area contributed by atoms with Crippen LogP contribution in [0, 0.1) is 0 Å². The van der Waals surface area contributed by atoms with Crippen LogP contribution in [0.3, 0.4) is 0 Å². The van der Waals surface area contributed by atoms with Gasteiger partial charge in [0.15, 0.2) is 5.13 Å². The van der Waals surface area contributed by atoms with Crippen molar-refractivity contribution >= 4 is 22.4 Å². The van der Waals surface area contributed by atoms with Crippen LogP contribution in [0.15, 0.2) is 53.9 Å². The summed E-state index contributed by atoms with van der Waals surface area (Å²) in [7, 11) is 1.64. The summed E-state index contributed by atoms with van der Waals surface area (Å²) in [4.78, 5) is 16.7. The third kappa shape index (κ3) is 6.31. The van der Waals surface area contributed by atoms with Gasteiger partial charge < -0.3 is 14.8 Å². The molecule has 0 fully saturated rings. The fourth-order valence-electron chi connectivity index (χ4n) is 3.04. The number of aromatic nitrogens is 1. The van der Waals surface area contributed by atoms with Gasteiger partial charge in [-0.1, -0.05) is 32.9 Å². The summed E-state index contributed by atoms with van der Waals surface area (Å²) in [5.41, 5.74) is 3.29. The summed E-state index contributed by atoms with van der Waals surface area (Å²) >= 11 is 1.42. The normalized spacial score (nSPS) is 11.2. The first-order valence-corrected chi connectivity index (χ1v) is 11.4. The van der Waals surface area contributed by atoms with Crippen LogP contribution in [0.5, 0.6) is 11.5 Å². The first-order valence-electron chi connectivity index (χ1n) is 10.5. The number of nitrogens with zero attached hydrogens (tertiary/aromatic N) is 1. The van der Waals surface area contributed by atoms with Gasteiger partial charge in [-0.15, -0.1) is 11.3 Å². The van der Waals surface area contributed by atoms with Crippen LogP contribution in [-0.4, -0.2) is 24.6 Å². The second-order valence-corrected chi connectivity index (χ2v) is 8.89. The summed E-state index contributed by atoms with van der Waals surface area (Å²) in [6.07, 6.45) is 2.12. The Labute approximate surface area is 188 Å². The lowest BCUT2D eigenvalue weighted by molar-refractivity contribution is -0.116. The Kier molecular flexibility index (Phi) is 7.69. The van der Waals surface area contributed by atoms with Gasteiger partial charge in [0.2, 0.25) is 5.91 Å².